The molecule has 0 saturated heterocycles. The number of nitrogens with one attached hydrogen (secondary N) is 1. The largest absolute Gasteiger partial charge is 0.305 e. The van der Waals surface area contributed by atoms with E-state index in [4.69, 9.17) is 0 Å². The van der Waals surface area contributed by atoms with Crippen molar-refractivity contribution in [2.45, 2.75) is 19.0 Å². The van der Waals surface area contributed by atoms with Crippen LogP contribution >= 0.6 is 0 Å². The van der Waals surface area contributed by atoms with E-state index in [-0.39, 0.29) is 11.8 Å². The maximum Gasteiger partial charge on any atom is 0.164 e. The van der Waals surface area contributed by atoms with Gasteiger partial charge in [0.1, 0.15) is 0 Å². The molecular weight excluding hydrogens is 294 g/mol. The molecule has 3 rings (SSSR count). The van der Waals surface area contributed by atoms with E-state index in [1.165, 1.54) is 5.56 Å². The summed E-state index contributed by atoms with van der Waals surface area (Å²) in [5.41, 5.74) is 3.11. The van der Waals surface area contributed by atoms with Crippen molar-refractivity contribution in [3.05, 3.63) is 108 Å². The van der Waals surface area contributed by atoms with E-state index in [1.807, 2.05) is 66.7 Å². The van der Waals surface area contributed by atoms with Crippen LogP contribution in [0.1, 0.15) is 33.9 Å². The molecule has 0 spiro atoms. The number of carbonyl (C=O) groups excluding carboxylic acids is 1. The molecule has 2 nitrogen and oxygen atoms in total. The number of Topliss-reactive ketones (excluding diaryl/α,β-unsaturated/α-hetero) is 1. The molecule has 0 amide bonds. The summed E-state index contributed by atoms with van der Waals surface area (Å²) in [4.78, 5) is 12.6. The average Bonchev–Trinajstić information content (AvgIpc) is 2.67. The standard InChI is InChI=1S/C22H21NO/c24-22(20-14-8-3-9-15-20)16-21(19-12-6-2-7-13-19)23-17-18-10-4-1-5-11-18/h1-15,21,23H,16-17H2/t21-/m1/s1. The van der Waals surface area contributed by atoms with Crippen molar-refractivity contribution in [1.82, 2.24) is 5.32 Å². The second-order valence-electron chi connectivity index (χ2n) is 5.82. The van der Waals surface area contributed by atoms with Crippen molar-refractivity contribution in [1.29, 1.82) is 0 Å². The Bertz CT molecular complexity index is 754. The Hall–Kier alpha value is -2.71. The van der Waals surface area contributed by atoms with Crippen LogP contribution in [0.2, 0.25) is 0 Å². The van der Waals surface area contributed by atoms with Gasteiger partial charge in [0.05, 0.1) is 0 Å². The summed E-state index contributed by atoms with van der Waals surface area (Å²) in [5.74, 6) is 0.157. The zero-order valence-electron chi connectivity index (χ0n) is 13.6. The molecule has 1 atom stereocenters. The molecule has 0 saturated carbocycles. The van der Waals surface area contributed by atoms with Crippen LogP contribution in [0.3, 0.4) is 0 Å². The molecule has 120 valence electrons. The average molecular weight is 315 g/mol. The molecular formula is C22H21NO. The first-order chi connectivity index (χ1) is 11.8. The van der Waals surface area contributed by atoms with Gasteiger partial charge in [-0.3, -0.25) is 4.79 Å². The molecule has 0 unspecified atom stereocenters. The van der Waals surface area contributed by atoms with Gasteiger partial charge in [0, 0.05) is 24.6 Å². The highest BCUT2D eigenvalue weighted by Crippen LogP contribution is 2.20. The normalized spacial score (nSPS) is 11.8. The van der Waals surface area contributed by atoms with Crippen LogP contribution < -0.4 is 5.32 Å². The third kappa shape index (κ3) is 4.40. The van der Waals surface area contributed by atoms with Crippen molar-refractivity contribution in [3.8, 4) is 0 Å². The van der Waals surface area contributed by atoms with E-state index in [0.29, 0.717) is 6.42 Å². The van der Waals surface area contributed by atoms with Crippen molar-refractivity contribution in [3.63, 3.8) is 0 Å². The number of ketones is 1. The van der Waals surface area contributed by atoms with Crippen molar-refractivity contribution < 1.29 is 4.79 Å². The number of hydrogen-bond acceptors (Lipinski definition) is 2. The minimum absolute atomic E-state index is 0.000822. The van der Waals surface area contributed by atoms with Gasteiger partial charge in [0.25, 0.3) is 0 Å². The first-order valence-electron chi connectivity index (χ1n) is 8.23. The number of benzene rings is 3. The lowest BCUT2D eigenvalue weighted by molar-refractivity contribution is 0.0968. The molecule has 0 radical (unpaired) electrons. The fourth-order valence-corrected chi connectivity index (χ4v) is 2.76. The van der Waals surface area contributed by atoms with Gasteiger partial charge in [-0.2, -0.15) is 0 Å². The van der Waals surface area contributed by atoms with E-state index < -0.39 is 0 Å². The van der Waals surface area contributed by atoms with Crippen LogP contribution in [0.25, 0.3) is 0 Å². The van der Waals surface area contributed by atoms with Gasteiger partial charge in [0.2, 0.25) is 0 Å². The molecule has 1 N–H and O–H groups in total. The molecule has 0 heterocycles. The summed E-state index contributed by atoms with van der Waals surface area (Å²) in [6, 6.07) is 29.9. The van der Waals surface area contributed by atoms with Crippen molar-refractivity contribution in [2.24, 2.45) is 0 Å². The highest BCUT2D eigenvalue weighted by atomic mass is 16.1. The zero-order chi connectivity index (χ0) is 16.6. The predicted octanol–water partition coefficient (Wildman–Crippen LogP) is 4.79. The van der Waals surface area contributed by atoms with Gasteiger partial charge in [-0.05, 0) is 11.1 Å². The Kier molecular flexibility index (Phi) is 5.54. The second kappa shape index (κ2) is 8.23. The molecule has 0 fully saturated rings. The van der Waals surface area contributed by atoms with E-state index >= 15 is 0 Å². The highest BCUT2D eigenvalue weighted by molar-refractivity contribution is 5.96. The topological polar surface area (TPSA) is 29.1 Å². The van der Waals surface area contributed by atoms with Gasteiger partial charge >= 0.3 is 0 Å². The smallest absolute Gasteiger partial charge is 0.164 e. The molecule has 2 heteroatoms. The summed E-state index contributed by atoms with van der Waals surface area (Å²) in [6.07, 6.45) is 0.445. The minimum Gasteiger partial charge on any atom is -0.305 e. The lowest BCUT2D eigenvalue weighted by Crippen LogP contribution is -2.23. The van der Waals surface area contributed by atoms with Gasteiger partial charge in [-0.25, -0.2) is 0 Å². The molecule has 3 aromatic rings. The summed E-state index contributed by atoms with van der Waals surface area (Å²) < 4.78 is 0. The van der Waals surface area contributed by atoms with E-state index in [9.17, 15) is 4.79 Å². The summed E-state index contributed by atoms with van der Waals surface area (Å²) in [5, 5.41) is 3.53. The van der Waals surface area contributed by atoms with Crippen LogP contribution in [0.4, 0.5) is 0 Å². The van der Waals surface area contributed by atoms with E-state index in [2.05, 4.69) is 29.6 Å². The first kappa shape index (κ1) is 16.2. The molecule has 0 aliphatic carbocycles. The summed E-state index contributed by atoms with van der Waals surface area (Å²) in [6.45, 7) is 0.739. The SMILES string of the molecule is O=C(C[C@@H](NCc1ccccc1)c1ccccc1)c1ccccc1. The Balaban J connectivity index is 1.74. The fraction of sp³-hybridized carbons (Fsp3) is 0.136. The number of hydrogen-bond donors (Lipinski definition) is 1. The van der Waals surface area contributed by atoms with Gasteiger partial charge in [-0.1, -0.05) is 91.0 Å². The maximum absolute atomic E-state index is 12.6. The number of carbonyl (C=O) groups is 1. The third-order valence-electron chi connectivity index (χ3n) is 4.08. The molecule has 0 aromatic heterocycles. The predicted molar refractivity (Wildman–Crippen MR) is 97.9 cm³/mol. The van der Waals surface area contributed by atoms with Crippen LogP contribution in [0.15, 0.2) is 91.0 Å². The Morgan fingerprint density at radius 1 is 0.750 bits per heavy atom. The fourth-order valence-electron chi connectivity index (χ4n) is 2.76. The Morgan fingerprint density at radius 2 is 1.29 bits per heavy atom. The highest BCUT2D eigenvalue weighted by Gasteiger charge is 2.16. The van der Waals surface area contributed by atoms with Crippen molar-refractivity contribution in [2.75, 3.05) is 0 Å². The second-order valence-corrected chi connectivity index (χ2v) is 5.82. The van der Waals surface area contributed by atoms with Crippen LogP contribution in [0.5, 0.6) is 0 Å². The van der Waals surface area contributed by atoms with E-state index in [1.54, 1.807) is 0 Å². The van der Waals surface area contributed by atoms with E-state index in [0.717, 1.165) is 17.7 Å². The molecule has 0 bridgehead atoms. The van der Waals surface area contributed by atoms with Gasteiger partial charge in [-0.15, -0.1) is 0 Å². The third-order valence-corrected chi connectivity index (χ3v) is 4.08. The first-order valence-corrected chi connectivity index (χ1v) is 8.23. The summed E-state index contributed by atoms with van der Waals surface area (Å²) >= 11 is 0. The van der Waals surface area contributed by atoms with Crippen LogP contribution in [-0.2, 0) is 6.54 Å². The van der Waals surface area contributed by atoms with Crippen molar-refractivity contribution >= 4 is 5.78 Å². The quantitative estimate of drug-likeness (QED) is 0.635. The van der Waals surface area contributed by atoms with Crippen LogP contribution in [-0.4, -0.2) is 5.78 Å². The lowest BCUT2D eigenvalue weighted by Gasteiger charge is -2.19. The maximum atomic E-state index is 12.6. The Labute approximate surface area is 143 Å². The zero-order valence-corrected chi connectivity index (χ0v) is 13.6. The lowest BCUT2D eigenvalue weighted by atomic mass is 9.97. The molecule has 0 aliphatic rings. The minimum atomic E-state index is -0.000822. The van der Waals surface area contributed by atoms with Gasteiger partial charge in [0.15, 0.2) is 5.78 Å². The summed E-state index contributed by atoms with van der Waals surface area (Å²) in [7, 11) is 0. The van der Waals surface area contributed by atoms with Gasteiger partial charge < -0.3 is 5.32 Å². The molecule has 3 aromatic carbocycles. The number of rotatable bonds is 7. The van der Waals surface area contributed by atoms with Crippen LogP contribution in [0, 0.1) is 0 Å². The monoisotopic (exact) mass is 315 g/mol. The molecule has 24 heavy (non-hydrogen) atoms. The Morgan fingerprint density at radius 3 is 1.92 bits per heavy atom. The molecule has 0 aliphatic heterocycles.